The van der Waals surface area contributed by atoms with Gasteiger partial charge in [-0.2, -0.15) is 0 Å². The van der Waals surface area contributed by atoms with Crippen molar-refractivity contribution in [3.63, 3.8) is 0 Å². The van der Waals surface area contributed by atoms with Crippen LogP contribution in [0.25, 0.3) is 0 Å². The number of carboxylic acid groups (broad SMARTS) is 1. The summed E-state index contributed by atoms with van der Waals surface area (Å²) in [5, 5.41) is 8.44. The Bertz CT molecular complexity index is 241. The van der Waals surface area contributed by atoms with Gasteiger partial charge in [0, 0.05) is 6.42 Å². The molecule has 0 saturated carbocycles. The minimum Gasteiger partial charge on any atom is -0.481 e. The average Bonchev–Trinajstić information content (AvgIpc) is 2.27. The van der Waals surface area contributed by atoms with E-state index in [1.54, 1.807) is 12.2 Å². The van der Waals surface area contributed by atoms with Crippen molar-refractivity contribution in [2.75, 3.05) is 0 Å². The van der Waals surface area contributed by atoms with E-state index in [4.69, 9.17) is 5.11 Å². The minimum atomic E-state index is -0.690. The van der Waals surface area contributed by atoms with E-state index >= 15 is 0 Å². The average molecular weight is 222 g/mol. The van der Waals surface area contributed by atoms with Gasteiger partial charge in [0.1, 0.15) is 0 Å². The van der Waals surface area contributed by atoms with Crippen LogP contribution in [-0.2, 0) is 4.79 Å². The van der Waals surface area contributed by atoms with Gasteiger partial charge in [-0.1, -0.05) is 50.6 Å². The van der Waals surface area contributed by atoms with Crippen molar-refractivity contribution in [1.82, 2.24) is 0 Å². The SMILES string of the molecule is C=CC(C=C)=CCCCCCCCC(=O)O. The fraction of sp³-hybridized carbons (Fsp3) is 0.500. The Hall–Kier alpha value is -1.31. The largest absolute Gasteiger partial charge is 0.481 e. The fourth-order valence-electron chi connectivity index (χ4n) is 1.47. The molecule has 0 aromatic carbocycles. The molecule has 0 aromatic heterocycles. The maximum Gasteiger partial charge on any atom is 0.303 e. The monoisotopic (exact) mass is 222 g/mol. The topological polar surface area (TPSA) is 37.3 Å². The van der Waals surface area contributed by atoms with E-state index in [9.17, 15) is 4.79 Å². The number of carbonyl (C=O) groups is 1. The van der Waals surface area contributed by atoms with Gasteiger partial charge in [0.2, 0.25) is 0 Å². The van der Waals surface area contributed by atoms with E-state index in [2.05, 4.69) is 19.2 Å². The number of hydrogen-bond acceptors (Lipinski definition) is 1. The third kappa shape index (κ3) is 9.25. The number of rotatable bonds is 10. The third-order valence-corrected chi connectivity index (χ3v) is 2.45. The van der Waals surface area contributed by atoms with Crippen LogP contribution in [-0.4, -0.2) is 11.1 Å². The molecule has 0 unspecified atom stereocenters. The molecule has 0 aliphatic carbocycles. The van der Waals surface area contributed by atoms with Crippen LogP contribution >= 0.6 is 0 Å². The lowest BCUT2D eigenvalue weighted by molar-refractivity contribution is -0.137. The first kappa shape index (κ1) is 14.7. The van der Waals surface area contributed by atoms with Crippen LogP contribution in [0, 0.1) is 0 Å². The van der Waals surface area contributed by atoms with Gasteiger partial charge in [-0.25, -0.2) is 0 Å². The lowest BCUT2D eigenvalue weighted by Crippen LogP contribution is -1.93. The van der Waals surface area contributed by atoms with Crippen molar-refractivity contribution < 1.29 is 9.90 Å². The molecular weight excluding hydrogens is 200 g/mol. The van der Waals surface area contributed by atoms with Gasteiger partial charge in [0.25, 0.3) is 0 Å². The molecule has 0 fully saturated rings. The van der Waals surface area contributed by atoms with Crippen molar-refractivity contribution >= 4 is 5.97 Å². The van der Waals surface area contributed by atoms with Gasteiger partial charge in [0.15, 0.2) is 0 Å². The van der Waals surface area contributed by atoms with Crippen molar-refractivity contribution in [3.8, 4) is 0 Å². The first-order valence-electron chi connectivity index (χ1n) is 5.87. The molecule has 0 radical (unpaired) electrons. The lowest BCUT2D eigenvalue weighted by atomic mass is 10.1. The van der Waals surface area contributed by atoms with Crippen molar-refractivity contribution in [2.45, 2.75) is 44.9 Å². The Morgan fingerprint density at radius 1 is 1.00 bits per heavy atom. The van der Waals surface area contributed by atoms with Crippen LogP contribution in [0.4, 0.5) is 0 Å². The zero-order valence-corrected chi connectivity index (χ0v) is 9.95. The summed E-state index contributed by atoms with van der Waals surface area (Å²) in [7, 11) is 0. The van der Waals surface area contributed by atoms with Gasteiger partial charge in [-0.05, 0) is 24.8 Å². The fourth-order valence-corrected chi connectivity index (χ4v) is 1.47. The van der Waals surface area contributed by atoms with Gasteiger partial charge in [-0.3, -0.25) is 4.79 Å². The Morgan fingerprint density at radius 3 is 2.12 bits per heavy atom. The van der Waals surface area contributed by atoms with E-state index in [1.807, 2.05) is 0 Å². The molecule has 0 aromatic rings. The first-order chi connectivity index (χ1) is 7.70. The Kier molecular flexibility index (Phi) is 9.38. The van der Waals surface area contributed by atoms with E-state index in [-0.39, 0.29) is 0 Å². The number of unbranched alkanes of at least 4 members (excludes halogenated alkanes) is 5. The zero-order valence-electron chi connectivity index (χ0n) is 9.95. The predicted molar refractivity (Wildman–Crippen MR) is 68.4 cm³/mol. The number of allylic oxidation sites excluding steroid dienone is 4. The second kappa shape index (κ2) is 10.2. The smallest absolute Gasteiger partial charge is 0.303 e. The molecule has 0 aliphatic rings. The van der Waals surface area contributed by atoms with Gasteiger partial charge in [-0.15, -0.1) is 0 Å². The molecule has 16 heavy (non-hydrogen) atoms. The molecule has 0 heterocycles. The molecule has 0 spiro atoms. The Balaban J connectivity index is 3.33. The van der Waals surface area contributed by atoms with Crippen molar-refractivity contribution in [1.29, 1.82) is 0 Å². The van der Waals surface area contributed by atoms with Crippen LogP contribution < -0.4 is 0 Å². The maximum atomic E-state index is 10.2. The van der Waals surface area contributed by atoms with E-state index < -0.39 is 5.97 Å². The van der Waals surface area contributed by atoms with Crippen LogP contribution in [0.5, 0.6) is 0 Å². The highest BCUT2D eigenvalue weighted by Gasteiger charge is 1.95. The molecule has 0 atom stereocenters. The standard InChI is InChI=1S/C14H22O2/c1-3-13(4-2)11-9-7-5-6-8-10-12-14(15)16/h3-4,11H,1-2,5-10,12H2,(H,15,16). The molecule has 0 saturated heterocycles. The van der Waals surface area contributed by atoms with Gasteiger partial charge in [0.05, 0.1) is 0 Å². The molecule has 0 aliphatic heterocycles. The number of carboxylic acids is 1. The summed E-state index contributed by atoms with van der Waals surface area (Å²) in [6.45, 7) is 7.39. The van der Waals surface area contributed by atoms with E-state index in [0.717, 1.165) is 44.1 Å². The normalized spacial score (nSPS) is 9.50. The summed E-state index contributed by atoms with van der Waals surface area (Å²) in [6, 6.07) is 0. The van der Waals surface area contributed by atoms with Gasteiger partial charge < -0.3 is 5.11 Å². The van der Waals surface area contributed by atoms with Crippen LogP contribution in [0.2, 0.25) is 0 Å². The second-order valence-corrected chi connectivity index (χ2v) is 3.81. The molecule has 0 rings (SSSR count). The van der Waals surface area contributed by atoms with E-state index in [0.29, 0.717) is 6.42 Å². The summed E-state index contributed by atoms with van der Waals surface area (Å²) < 4.78 is 0. The molecule has 1 N–H and O–H groups in total. The summed E-state index contributed by atoms with van der Waals surface area (Å²) in [6.07, 6.45) is 12.4. The summed E-state index contributed by atoms with van der Waals surface area (Å²) in [5.41, 5.74) is 1.09. The summed E-state index contributed by atoms with van der Waals surface area (Å²) in [5.74, 6) is -0.690. The summed E-state index contributed by atoms with van der Waals surface area (Å²) >= 11 is 0. The molecule has 0 bridgehead atoms. The number of hydrogen-bond donors (Lipinski definition) is 1. The Labute approximate surface area is 98.4 Å². The number of aliphatic carboxylic acids is 1. The predicted octanol–water partition coefficient (Wildman–Crippen LogP) is 4.10. The third-order valence-electron chi connectivity index (χ3n) is 2.45. The minimum absolute atomic E-state index is 0.303. The molecule has 90 valence electrons. The van der Waals surface area contributed by atoms with E-state index in [1.165, 1.54) is 0 Å². The molecule has 2 heteroatoms. The highest BCUT2D eigenvalue weighted by molar-refractivity contribution is 5.66. The van der Waals surface area contributed by atoms with Gasteiger partial charge >= 0.3 is 5.97 Å². The lowest BCUT2D eigenvalue weighted by Gasteiger charge is -1.99. The van der Waals surface area contributed by atoms with Crippen LogP contribution in [0.15, 0.2) is 37.0 Å². The Morgan fingerprint density at radius 2 is 1.56 bits per heavy atom. The second-order valence-electron chi connectivity index (χ2n) is 3.81. The molecular formula is C14H22O2. The van der Waals surface area contributed by atoms with Crippen molar-refractivity contribution in [2.24, 2.45) is 0 Å². The molecule has 2 nitrogen and oxygen atoms in total. The zero-order chi connectivity index (χ0) is 12.2. The molecule has 0 amide bonds. The maximum absolute atomic E-state index is 10.2. The highest BCUT2D eigenvalue weighted by Crippen LogP contribution is 2.09. The van der Waals surface area contributed by atoms with Crippen LogP contribution in [0.1, 0.15) is 44.9 Å². The quantitative estimate of drug-likeness (QED) is 0.446. The van der Waals surface area contributed by atoms with Crippen LogP contribution in [0.3, 0.4) is 0 Å². The first-order valence-corrected chi connectivity index (χ1v) is 5.87. The summed E-state index contributed by atoms with van der Waals surface area (Å²) in [4.78, 5) is 10.2. The van der Waals surface area contributed by atoms with Crippen molar-refractivity contribution in [3.05, 3.63) is 37.0 Å². The highest BCUT2D eigenvalue weighted by atomic mass is 16.4.